The maximum absolute atomic E-state index is 3.53. The van der Waals surface area contributed by atoms with Gasteiger partial charge in [0.2, 0.25) is 0 Å². The Morgan fingerprint density at radius 2 is 1.76 bits per heavy atom. The monoisotopic (exact) mass is 290 g/mol. The van der Waals surface area contributed by atoms with Crippen molar-refractivity contribution in [2.45, 2.75) is 47.1 Å². The van der Waals surface area contributed by atoms with E-state index in [1.54, 1.807) is 0 Å². The minimum absolute atomic E-state index is 0.194. The Morgan fingerprint density at radius 1 is 1.14 bits per heavy atom. The van der Waals surface area contributed by atoms with Gasteiger partial charge in [-0.05, 0) is 30.5 Å². The molecule has 0 heterocycles. The molecule has 0 amide bonds. The summed E-state index contributed by atoms with van der Waals surface area (Å²) in [5.74, 6) is 0.769. The predicted octanol–water partition coefficient (Wildman–Crippen LogP) is 4.34. The average Bonchev–Trinajstić information content (AvgIpc) is 2.47. The summed E-state index contributed by atoms with van der Waals surface area (Å²) in [6.07, 6.45) is 1.26. The third kappa shape index (κ3) is 5.44. The van der Waals surface area contributed by atoms with Crippen LogP contribution in [0.3, 0.4) is 0 Å². The van der Waals surface area contributed by atoms with E-state index in [1.807, 2.05) is 0 Å². The SMILES string of the molecule is CCC(C)CN(CC)CC(C)(C)C(NC)c1ccccc1. The smallest absolute Gasteiger partial charge is 0.0381 e. The first-order valence-electron chi connectivity index (χ1n) is 8.39. The fraction of sp³-hybridized carbons (Fsp3) is 0.684. The van der Waals surface area contributed by atoms with Crippen LogP contribution in [0.1, 0.15) is 52.6 Å². The van der Waals surface area contributed by atoms with Crippen LogP contribution in [0, 0.1) is 11.3 Å². The van der Waals surface area contributed by atoms with Crippen molar-refractivity contribution in [1.29, 1.82) is 0 Å². The van der Waals surface area contributed by atoms with Crippen molar-refractivity contribution in [2.24, 2.45) is 11.3 Å². The third-order valence-corrected chi connectivity index (χ3v) is 4.55. The molecule has 1 aromatic carbocycles. The molecule has 120 valence electrons. The lowest BCUT2D eigenvalue weighted by Crippen LogP contribution is -2.43. The molecule has 1 N–H and O–H groups in total. The minimum atomic E-state index is 0.194. The van der Waals surface area contributed by atoms with Crippen molar-refractivity contribution in [3.63, 3.8) is 0 Å². The largest absolute Gasteiger partial charge is 0.313 e. The van der Waals surface area contributed by atoms with Crippen LogP contribution in [-0.2, 0) is 0 Å². The first-order chi connectivity index (χ1) is 9.94. The summed E-state index contributed by atoms with van der Waals surface area (Å²) in [6.45, 7) is 15.1. The molecule has 0 bridgehead atoms. The summed E-state index contributed by atoms with van der Waals surface area (Å²) in [5, 5.41) is 3.53. The third-order valence-electron chi connectivity index (χ3n) is 4.55. The van der Waals surface area contributed by atoms with E-state index < -0.39 is 0 Å². The number of nitrogens with one attached hydrogen (secondary N) is 1. The lowest BCUT2D eigenvalue weighted by atomic mass is 9.79. The molecular formula is C19H34N2. The van der Waals surface area contributed by atoms with E-state index in [0.29, 0.717) is 6.04 Å². The van der Waals surface area contributed by atoms with E-state index >= 15 is 0 Å². The molecule has 0 aromatic heterocycles. The van der Waals surface area contributed by atoms with E-state index in [2.05, 4.69) is 82.2 Å². The van der Waals surface area contributed by atoms with Crippen molar-refractivity contribution < 1.29 is 0 Å². The molecule has 0 aliphatic heterocycles. The normalized spacial score (nSPS) is 15.2. The summed E-state index contributed by atoms with van der Waals surface area (Å²) < 4.78 is 0. The molecule has 0 fully saturated rings. The maximum atomic E-state index is 3.53. The summed E-state index contributed by atoms with van der Waals surface area (Å²) >= 11 is 0. The van der Waals surface area contributed by atoms with Crippen molar-refractivity contribution in [3.8, 4) is 0 Å². The summed E-state index contributed by atoms with van der Waals surface area (Å²) in [7, 11) is 2.07. The van der Waals surface area contributed by atoms with Crippen LogP contribution in [0.5, 0.6) is 0 Å². The number of benzene rings is 1. The molecule has 2 heteroatoms. The van der Waals surface area contributed by atoms with E-state index in [0.717, 1.165) is 19.0 Å². The lowest BCUT2D eigenvalue weighted by molar-refractivity contribution is 0.130. The van der Waals surface area contributed by atoms with Crippen LogP contribution < -0.4 is 5.32 Å². The Bertz CT molecular complexity index is 386. The predicted molar refractivity (Wildman–Crippen MR) is 93.6 cm³/mol. The van der Waals surface area contributed by atoms with Crippen molar-refractivity contribution in [3.05, 3.63) is 35.9 Å². The minimum Gasteiger partial charge on any atom is -0.313 e. The standard InChI is InChI=1S/C19H34N2/c1-7-16(3)14-21(8-2)15-19(4,5)18(20-6)17-12-10-9-11-13-17/h9-13,16,18,20H,7-8,14-15H2,1-6H3. The number of rotatable bonds is 9. The van der Waals surface area contributed by atoms with Gasteiger partial charge in [0.05, 0.1) is 0 Å². The van der Waals surface area contributed by atoms with E-state index in [1.165, 1.54) is 18.5 Å². The Balaban J connectivity index is 2.81. The highest BCUT2D eigenvalue weighted by Gasteiger charge is 2.31. The van der Waals surface area contributed by atoms with Gasteiger partial charge >= 0.3 is 0 Å². The number of hydrogen-bond donors (Lipinski definition) is 1. The van der Waals surface area contributed by atoms with Crippen LogP contribution in [-0.4, -0.2) is 31.6 Å². The fourth-order valence-electron chi connectivity index (χ4n) is 3.20. The number of hydrogen-bond acceptors (Lipinski definition) is 2. The van der Waals surface area contributed by atoms with Gasteiger partial charge in [-0.15, -0.1) is 0 Å². The van der Waals surface area contributed by atoms with Gasteiger partial charge in [0, 0.05) is 19.1 Å². The van der Waals surface area contributed by atoms with Gasteiger partial charge < -0.3 is 10.2 Å². The summed E-state index contributed by atoms with van der Waals surface area (Å²) in [5.41, 5.74) is 1.57. The zero-order chi connectivity index (χ0) is 15.9. The first kappa shape index (κ1) is 18.2. The highest BCUT2D eigenvalue weighted by atomic mass is 15.1. The van der Waals surface area contributed by atoms with Crippen LogP contribution in [0.25, 0.3) is 0 Å². The number of nitrogens with zero attached hydrogens (tertiary/aromatic N) is 1. The first-order valence-corrected chi connectivity index (χ1v) is 8.39. The second-order valence-corrected chi connectivity index (χ2v) is 6.96. The fourth-order valence-corrected chi connectivity index (χ4v) is 3.20. The van der Waals surface area contributed by atoms with Crippen LogP contribution in [0.4, 0.5) is 0 Å². The maximum Gasteiger partial charge on any atom is 0.0381 e. The lowest BCUT2D eigenvalue weighted by Gasteiger charge is -2.39. The molecule has 0 radical (unpaired) electrons. The zero-order valence-corrected chi connectivity index (χ0v) is 14.8. The average molecular weight is 290 g/mol. The second-order valence-electron chi connectivity index (χ2n) is 6.96. The summed E-state index contributed by atoms with van der Waals surface area (Å²) in [6, 6.07) is 11.2. The van der Waals surface area contributed by atoms with Gasteiger partial charge in [-0.25, -0.2) is 0 Å². The van der Waals surface area contributed by atoms with Crippen molar-refractivity contribution >= 4 is 0 Å². The van der Waals surface area contributed by atoms with Crippen LogP contribution in [0.15, 0.2) is 30.3 Å². The quantitative estimate of drug-likeness (QED) is 0.728. The molecule has 1 aromatic rings. The van der Waals surface area contributed by atoms with Gasteiger partial charge in [0.15, 0.2) is 0 Å². The molecule has 0 spiro atoms. The van der Waals surface area contributed by atoms with Gasteiger partial charge in [0.25, 0.3) is 0 Å². The van der Waals surface area contributed by atoms with Crippen LogP contribution >= 0.6 is 0 Å². The highest BCUT2D eigenvalue weighted by molar-refractivity contribution is 5.21. The second kappa shape index (κ2) is 8.55. The van der Waals surface area contributed by atoms with E-state index in [4.69, 9.17) is 0 Å². The van der Waals surface area contributed by atoms with Gasteiger partial charge in [-0.1, -0.05) is 71.4 Å². The molecule has 0 aliphatic carbocycles. The Labute approximate surface area is 131 Å². The van der Waals surface area contributed by atoms with Crippen LogP contribution in [0.2, 0.25) is 0 Å². The van der Waals surface area contributed by atoms with E-state index in [-0.39, 0.29) is 5.41 Å². The Kier molecular flexibility index (Phi) is 7.41. The van der Waals surface area contributed by atoms with Gasteiger partial charge in [-0.2, -0.15) is 0 Å². The van der Waals surface area contributed by atoms with Gasteiger partial charge in [-0.3, -0.25) is 0 Å². The van der Waals surface area contributed by atoms with Crippen molar-refractivity contribution in [1.82, 2.24) is 10.2 Å². The zero-order valence-electron chi connectivity index (χ0n) is 14.8. The molecule has 2 atom stereocenters. The van der Waals surface area contributed by atoms with Gasteiger partial charge in [0.1, 0.15) is 0 Å². The molecule has 1 rings (SSSR count). The molecule has 0 saturated carbocycles. The van der Waals surface area contributed by atoms with E-state index in [9.17, 15) is 0 Å². The molecule has 2 nitrogen and oxygen atoms in total. The summed E-state index contributed by atoms with van der Waals surface area (Å²) in [4.78, 5) is 2.60. The molecule has 2 unspecified atom stereocenters. The molecular weight excluding hydrogens is 256 g/mol. The Morgan fingerprint density at radius 3 is 2.24 bits per heavy atom. The topological polar surface area (TPSA) is 15.3 Å². The Hall–Kier alpha value is -0.860. The highest BCUT2D eigenvalue weighted by Crippen LogP contribution is 2.34. The molecule has 21 heavy (non-hydrogen) atoms. The molecule has 0 saturated heterocycles. The van der Waals surface area contributed by atoms with Crippen molar-refractivity contribution in [2.75, 3.05) is 26.7 Å². The molecule has 0 aliphatic rings.